The largest absolute Gasteiger partial charge is 0.492 e. The number of carbonyl (C=O) groups is 1. The second-order valence-electron chi connectivity index (χ2n) is 8.96. The average molecular weight is 587 g/mol. The van der Waals surface area contributed by atoms with Crippen LogP contribution in [0.1, 0.15) is 25.8 Å². The standard InChI is InChI=1S/C30H28F3N5O3.Na/c1-3-38(4-2)12-5-13-40-29-17-27-22(14-19(29)18-34)28(10-11-35-27)41-21-7-9-26(24(33)16-21)37-30(39)36-25-8-6-20(31)15-23(25)32;/h6-11,14-17H,3-5,12-13H2,1-2H3,(H2,36,37,39);. The van der Waals surface area contributed by atoms with Crippen molar-refractivity contribution in [3.63, 3.8) is 0 Å². The Morgan fingerprint density at radius 2 is 1.64 bits per heavy atom. The first-order valence-corrected chi connectivity index (χ1v) is 13.0. The summed E-state index contributed by atoms with van der Waals surface area (Å²) < 4.78 is 53.4. The van der Waals surface area contributed by atoms with E-state index in [2.05, 4.69) is 40.4 Å². The number of aromatic nitrogens is 1. The first-order valence-electron chi connectivity index (χ1n) is 13.0. The van der Waals surface area contributed by atoms with Crippen LogP contribution >= 0.6 is 0 Å². The number of anilines is 2. The van der Waals surface area contributed by atoms with Gasteiger partial charge in [0.05, 0.1) is 29.1 Å². The molecule has 0 atom stereocenters. The third-order valence-corrected chi connectivity index (χ3v) is 6.29. The maximum atomic E-state index is 14.8. The molecule has 0 aliphatic rings. The van der Waals surface area contributed by atoms with Gasteiger partial charge >= 0.3 is 6.03 Å². The molecule has 12 heteroatoms. The number of fused-ring (bicyclic) bond motifs is 1. The van der Waals surface area contributed by atoms with Crippen molar-refractivity contribution < 1.29 is 27.4 Å². The summed E-state index contributed by atoms with van der Waals surface area (Å²) in [6, 6.07) is 12.5. The zero-order valence-electron chi connectivity index (χ0n) is 23.5. The molecule has 1 heterocycles. The monoisotopic (exact) mass is 586 g/mol. The predicted molar refractivity (Wildman–Crippen MR) is 156 cm³/mol. The molecule has 0 saturated heterocycles. The van der Waals surface area contributed by atoms with E-state index in [-0.39, 0.29) is 46.7 Å². The number of ether oxygens (including phenoxy) is 2. The number of urea groups is 1. The van der Waals surface area contributed by atoms with Gasteiger partial charge in [-0.3, -0.25) is 4.98 Å². The summed E-state index contributed by atoms with van der Waals surface area (Å²) in [6.45, 7) is 7.46. The third-order valence-electron chi connectivity index (χ3n) is 6.29. The number of amides is 2. The number of nitrogens with zero attached hydrogens (tertiary/aromatic N) is 3. The molecule has 1 aromatic heterocycles. The number of nitrogens with one attached hydrogen (secondary N) is 2. The first kappa shape index (κ1) is 32.7. The molecule has 1 radical (unpaired) electrons. The smallest absolute Gasteiger partial charge is 0.323 e. The third kappa shape index (κ3) is 8.36. The topological polar surface area (TPSA) is 99.5 Å². The van der Waals surface area contributed by atoms with Gasteiger partial charge in [-0.15, -0.1) is 0 Å². The molecule has 0 bridgehead atoms. The second kappa shape index (κ2) is 15.4. The zero-order chi connectivity index (χ0) is 29.4. The minimum atomic E-state index is -0.970. The van der Waals surface area contributed by atoms with Crippen LogP contribution in [0, 0.1) is 28.8 Å². The second-order valence-corrected chi connectivity index (χ2v) is 8.96. The van der Waals surface area contributed by atoms with Gasteiger partial charge in [-0.1, -0.05) is 13.8 Å². The molecule has 0 fully saturated rings. The summed E-state index contributed by atoms with van der Waals surface area (Å²) in [5.74, 6) is -1.69. The van der Waals surface area contributed by atoms with E-state index < -0.39 is 23.5 Å². The van der Waals surface area contributed by atoms with Crippen LogP contribution in [-0.2, 0) is 0 Å². The van der Waals surface area contributed by atoms with Gasteiger partial charge in [0.1, 0.15) is 40.8 Å². The zero-order valence-corrected chi connectivity index (χ0v) is 25.5. The van der Waals surface area contributed by atoms with Crippen LogP contribution in [0.3, 0.4) is 0 Å². The molecular weight excluding hydrogens is 558 g/mol. The van der Waals surface area contributed by atoms with Crippen LogP contribution in [0.4, 0.5) is 29.3 Å². The van der Waals surface area contributed by atoms with E-state index >= 15 is 0 Å². The Bertz CT molecular complexity index is 1590. The Labute approximate surface area is 263 Å². The van der Waals surface area contributed by atoms with Crippen LogP contribution in [0.2, 0.25) is 0 Å². The minimum absolute atomic E-state index is 0. The first-order chi connectivity index (χ1) is 19.8. The van der Waals surface area contributed by atoms with Gasteiger partial charge in [0, 0.05) is 65.9 Å². The maximum absolute atomic E-state index is 14.8. The summed E-state index contributed by atoms with van der Waals surface area (Å²) >= 11 is 0. The fourth-order valence-corrected chi connectivity index (χ4v) is 4.11. The molecule has 213 valence electrons. The van der Waals surface area contributed by atoms with Crippen molar-refractivity contribution in [3.05, 3.63) is 83.8 Å². The fourth-order valence-electron chi connectivity index (χ4n) is 4.11. The molecule has 0 saturated carbocycles. The number of hydrogen-bond donors (Lipinski definition) is 2. The number of benzene rings is 3. The Kier molecular flexibility index (Phi) is 12.0. The van der Waals surface area contributed by atoms with Gasteiger partial charge in [0.15, 0.2) is 0 Å². The number of carbonyl (C=O) groups excluding carboxylic acids is 1. The Balaban J connectivity index is 0.00000484. The van der Waals surface area contributed by atoms with E-state index in [1.54, 1.807) is 18.2 Å². The summed E-state index contributed by atoms with van der Waals surface area (Å²) in [4.78, 5) is 18.8. The van der Waals surface area contributed by atoms with E-state index in [0.29, 0.717) is 40.6 Å². The molecular formula is C30H28F3N5NaO3. The van der Waals surface area contributed by atoms with Crippen LogP contribution in [0.15, 0.2) is 60.8 Å². The van der Waals surface area contributed by atoms with Crippen molar-refractivity contribution in [2.75, 3.05) is 36.9 Å². The van der Waals surface area contributed by atoms with Crippen molar-refractivity contribution >= 4 is 57.9 Å². The molecule has 4 rings (SSSR count). The molecule has 2 amide bonds. The van der Waals surface area contributed by atoms with Gasteiger partial charge < -0.3 is 25.0 Å². The van der Waals surface area contributed by atoms with Crippen molar-refractivity contribution in [1.82, 2.24) is 9.88 Å². The summed E-state index contributed by atoms with van der Waals surface area (Å²) in [5, 5.41) is 14.7. The average Bonchev–Trinajstić information content (AvgIpc) is 2.96. The van der Waals surface area contributed by atoms with Crippen LogP contribution < -0.4 is 20.1 Å². The Morgan fingerprint density at radius 1 is 0.952 bits per heavy atom. The quantitative estimate of drug-likeness (QED) is 0.150. The van der Waals surface area contributed by atoms with E-state index in [1.165, 1.54) is 18.3 Å². The van der Waals surface area contributed by atoms with E-state index in [4.69, 9.17) is 9.47 Å². The molecule has 0 aliphatic heterocycles. The fraction of sp³-hybridized carbons (Fsp3) is 0.233. The Hall–Kier alpha value is -3.82. The molecule has 3 aromatic carbocycles. The summed E-state index contributed by atoms with van der Waals surface area (Å²) in [7, 11) is 0. The van der Waals surface area contributed by atoms with Crippen molar-refractivity contribution in [3.8, 4) is 23.3 Å². The van der Waals surface area contributed by atoms with Crippen LogP contribution in [0.25, 0.3) is 10.9 Å². The predicted octanol–water partition coefficient (Wildman–Crippen LogP) is 6.69. The van der Waals surface area contributed by atoms with E-state index in [9.17, 15) is 23.2 Å². The summed E-state index contributed by atoms with van der Waals surface area (Å²) in [6.07, 6.45) is 2.33. The van der Waals surface area contributed by atoms with Gasteiger partial charge in [-0.25, -0.2) is 18.0 Å². The van der Waals surface area contributed by atoms with Gasteiger partial charge in [0.2, 0.25) is 0 Å². The van der Waals surface area contributed by atoms with Gasteiger partial charge in [-0.05, 0) is 55.9 Å². The van der Waals surface area contributed by atoms with E-state index in [1.807, 2.05) is 0 Å². The SMILES string of the molecule is CCN(CC)CCCOc1cc2nccc(Oc3ccc(NC(=O)Nc4ccc(F)cc4F)c(F)c3)c2cc1C#N.[Na]. The van der Waals surface area contributed by atoms with Crippen molar-refractivity contribution in [2.45, 2.75) is 20.3 Å². The van der Waals surface area contributed by atoms with Crippen LogP contribution in [-0.4, -0.2) is 71.7 Å². The summed E-state index contributed by atoms with van der Waals surface area (Å²) in [5.41, 5.74) is 0.390. The maximum Gasteiger partial charge on any atom is 0.323 e. The van der Waals surface area contributed by atoms with Crippen molar-refractivity contribution in [1.29, 1.82) is 5.26 Å². The van der Waals surface area contributed by atoms with Crippen molar-refractivity contribution in [2.24, 2.45) is 0 Å². The van der Waals surface area contributed by atoms with Crippen LogP contribution in [0.5, 0.6) is 17.2 Å². The number of hydrogen-bond acceptors (Lipinski definition) is 6. The number of nitriles is 1. The minimum Gasteiger partial charge on any atom is -0.492 e. The molecule has 42 heavy (non-hydrogen) atoms. The van der Waals surface area contributed by atoms with Gasteiger partial charge in [0.25, 0.3) is 0 Å². The normalized spacial score (nSPS) is 10.6. The number of halogens is 3. The molecule has 0 unspecified atom stereocenters. The molecule has 0 spiro atoms. The molecule has 0 aliphatic carbocycles. The van der Waals surface area contributed by atoms with E-state index in [0.717, 1.165) is 44.3 Å². The Morgan fingerprint density at radius 3 is 2.29 bits per heavy atom. The van der Waals surface area contributed by atoms with Gasteiger partial charge in [-0.2, -0.15) is 5.26 Å². The molecule has 2 N–H and O–H groups in total. The number of pyridine rings is 1. The molecule has 4 aromatic rings. The molecule has 8 nitrogen and oxygen atoms in total. The number of rotatable bonds is 11.